The summed E-state index contributed by atoms with van der Waals surface area (Å²) in [5.74, 6) is 2.19. The van der Waals surface area contributed by atoms with Gasteiger partial charge in [-0.2, -0.15) is 4.98 Å². The molecule has 0 spiro atoms. The molecule has 3 unspecified atom stereocenters. The van der Waals surface area contributed by atoms with Crippen LogP contribution in [0.25, 0.3) is 0 Å². The van der Waals surface area contributed by atoms with Crippen molar-refractivity contribution < 1.29 is 0 Å². The van der Waals surface area contributed by atoms with Gasteiger partial charge in [0.25, 0.3) is 0 Å². The molecule has 3 nitrogen and oxygen atoms in total. The van der Waals surface area contributed by atoms with Crippen LogP contribution < -0.4 is 5.32 Å². The summed E-state index contributed by atoms with van der Waals surface area (Å²) in [6.07, 6.45) is 5.09. The Kier molecular flexibility index (Phi) is 4.10. The summed E-state index contributed by atoms with van der Waals surface area (Å²) in [7, 11) is 0. The molecule has 1 fully saturated rings. The lowest BCUT2D eigenvalue weighted by Crippen LogP contribution is -2.30. The lowest BCUT2D eigenvalue weighted by Gasteiger charge is -2.32. The third kappa shape index (κ3) is 3.23. The van der Waals surface area contributed by atoms with Gasteiger partial charge in [0.2, 0.25) is 5.28 Å². The lowest BCUT2D eigenvalue weighted by atomic mass is 9.79. The van der Waals surface area contributed by atoms with E-state index >= 15 is 0 Å². The summed E-state index contributed by atoms with van der Waals surface area (Å²) >= 11 is 11.8. The van der Waals surface area contributed by atoms with Crippen LogP contribution in [0.2, 0.25) is 10.3 Å². The molecule has 0 bridgehead atoms. The Labute approximate surface area is 112 Å². The van der Waals surface area contributed by atoms with Gasteiger partial charge in [-0.1, -0.05) is 25.4 Å². The van der Waals surface area contributed by atoms with E-state index in [1.807, 2.05) is 0 Å². The molecular formula is C12H17Cl2N3. The number of nitrogens with one attached hydrogen (secondary N) is 1. The van der Waals surface area contributed by atoms with E-state index < -0.39 is 0 Å². The first-order valence-electron chi connectivity index (χ1n) is 6.01. The Morgan fingerprint density at radius 2 is 2.00 bits per heavy atom. The topological polar surface area (TPSA) is 37.8 Å². The summed E-state index contributed by atoms with van der Waals surface area (Å²) in [6.45, 7) is 4.61. The fourth-order valence-corrected chi connectivity index (χ4v) is 2.60. The Hall–Kier alpha value is -0.540. The first kappa shape index (κ1) is 12.9. The monoisotopic (exact) mass is 273 g/mol. The van der Waals surface area contributed by atoms with Crippen LogP contribution >= 0.6 is 23.2 Å². The fraction of sp³-hybridized carbons (Fsp3) is 0.667. The molecule has 1 aliphatic carbocycles. The normalized spacial score (nSPS) is 29.1. The van der Waals surface area contributed by atoms with Crippen LogP contribution in [0.1, 0.15) is 33.1 Å². The molecule has 0 amide bonds. The van der Waals surface area contributed by atoms with E-state index in [0.717, 1.165) is 24.7 Å². The molecule has 0 aromatic carbocycles. The number of nitrogens with zero attached hydrogens (tertiary/aromatic N) is 2. The summed E-state index contributed by atoms with van der Waals surface area (Å²) in [4.78, 5) is 7.96. The summed E-state index contributed by atoms with van der Waals surface area (Å²) < 4.78 is 0. The van der Waals surface area contributed by atoms with Gasteiger partial charge in [-0.3, -0.25) is 0 Å². The minimum Gasteiger partial charge on any atom is -0.366 e. The number of aromatic nitrogens is 2. The molecule has 1 saturated carbocycles. The molecule has 0 aliphatic heterocycles. The van der Waals surface area contributed by atoms with Crippen LogP contribution in [0.3, 0.4) is 0 Å². The largest absolute Gasteiger partial charge is 0.366 e. The van der Waals surface area contributed by atoms with Crippen molar-refractivity contribution in [3.05, 3.63) is 16.5 Å². The average molecular weight is 274 g/mol. The molecule has 1 aromatic heterocycles. The molecule has 17 heavy (non-hydrogen) atoms. The molecule has 1 N–H and O–H groups in total. The van der Waals surface area contributed by atoms with E-state index in [0.29, 0.717) is 16.9 Å². The van der Waals surface area contributed by atoms with Gasteiger partial charge in [-0.05, 0) is 42.7 Å². The number of hydrogen-bond acceptors (Lipinski definition) is 3. The van der Waals surface area contributed by atoms with E-state index in [2.05, 4.69) is 29.1 Å². The Balaban J connectivity index is 2.03. The molecule has 1 aromatic rings. The van der Waals surface area contributed by atoms with E-state index in [1.165, 1.54) is 12.6 Å². The minimum atomic E-state index is 0.231. The van der Waals surface area contributed by atoms with Gasteiger partial charge >= 0.3 is 0 Å². The van der Waals surface area contributed by atoms with Crippen molar-refractivity contribution in [1.82, 2.24) is 9.97 Å². The molecule has 1 heterocycles. The van der Waals surface area contributed by atoms with Gasteiger partial charge in [0.05, 0.1) is 6.20 Å². The van der Waals surface area contributed by atoms with Gasteiger partial charge < -0.3 is 5.32 Å². The zero-order chi connectivity index (χ0) is 12.4. The SMILES string of the molecule is CC1CCC(Nc2nc(Cl)ncc2Cl)CC1C. The van der Waals surface area contributed by atoms with Crippen LogP contribution in [0, 0.1) is 11.8 Å². The zero-order valence-electron chi connectivity index (χ0n) is 10.1. The van der Waals surface area contributed by atoms with Crippen LogP contribution in [0.4, 0.5) is 5.82 Å². The van der Waals surface area contributed by atoms with Gasteiger partial charge in [0, 0.05) is 6.04 Å². The average Bonchev–Trinajstić information content (AvgIpc) is 2.29. The van der Waals surface area contributed by atoms with Crippen molar-refractivity contribution in [1.29, 1.82) is 0 Å². The third-order valence-electron chi connectivity index (χ3n) is 3.65. The molecule has 2 rings (SSSR count). The van der Waals surface area contributed by atoms with Gasteiger partial charge in [0.15, 0.2) is 0 Å². The minimum absolute atomic E-state index is 0.231. The van der Waals surface area contributed by atoms with Crippen molar-refractivity contribution in [3.63, 3.8) is 0 Å². The van der Waals surface area contributed by atoms with Crippen molar-refractivity contribution in [2.45, 2.75) is 39.2 Å². The third-order valence-corrected chi connectivity index (χ3v) is 4.11. The second kappa shape index (κ2) is 5.40. The number of anilines is 1. The lowest BCUT2D eigenvalue weighted by molar-refractivity contribution is 0.260. The van der Waals surface area contributed by atoms with Crippen molar-refractivity contribution in [3.8, 4) is 0 Å². The maximum Gasteiger partial charge on any atom is 0.224 e. The second-order valence-electron chi connectivity index (χ2n) is 4.94. The summed E-state index contributed by atoms with van der Waals surface area (Å²) in [5.41, 5.74) is 0. The molecule has 5 heteroatoms. The maximum absolute atomic E-state index is 6.03. The van der Waals surface area contributed by atoms with Crippen LogP contribution in [-0.4, -0.2) is 16.0 Å². The Morgan fingerprint density at radius 3 is 2.71 bits per heavy atom. The molecular weight excluding hydrogens is 257 g/mol. The summed E-state index contributed by atoms with van der Waals surface area (Å²) in [5, 5.41) is 4.13. The van der Waals surface area contributed by atoms with Crippen molar-refractivity contribution in [2.24, 2.45) is 11.8 Å². The standard InChI is InChI=1S/C12H17Cl2N3/c1-7-3-4-9(5-8(7)2)16-11-10(13)6-15-12(14)17-11/h6-9H,3-5H2,1-2H3,(H,15,16,17). The smallest absolute Gasteiger partial charge is 0.224 e. The van der Waals surface area contributed by atoms with Gasteiger partial charge in [0.1, 0.15) is 10.8 Å². The first-order chi connectivity index (χ1) is 8.06. The van der Waals surface area contributed by atoms with Crippen molar-refractivity contribution in [2.75, 3.05) is 5.32 Å². The van der Waals surface area contributed by atoms with Gasteiger partial charge in [-0.15, -0.1) is 0 Å². The quantitative estimate of drug-likeness (QED) is 0.828. The maximum atomic E-state index is 6.03. The Bertz CT molecular complexity index is 397. The van der Waals surface area contributed by atoms with E-state index in [1.54, 1.807) is 0 Å². The highest BCUT2D eigenvalue weighted by Crippen LogP contribution is 2.32. The highest BCUT2D eigenvalue weighted by atomic mass is 35.5. The van der Waals surface area contributed by atoms with Gasteiger partial charge in [-0.25, -0.2) is 4.98 Å². The first-order valence-corrected chi connectivity index (χ1v) is 6.76. The van der Waals surface area contributed by atoms with Crippen molar-refractivity contribution >= 4 is 29.0 Å². The van der Waals surface area contributed by atoms with E-state index in [-0.39, 0.29) is 5.28 Å². The van der Waals surface area contributed by atoms with Crippen LogP contribution in [0.5, 0.6) is 0 Å². The Morgan fingerprint density at radius 1 is 1.24 bits per heavy atom. The molecule has 1 aliphatic rings. The predicted octanol–water partition coefficient (Wildman–Crippen LogP) is 4.02. The highest BCUT2D eigenvalue weighted by Gasteiger charge is 2.25. The van der Waals surface area contributed by atoms with E-state index in [4.69, 9.17) is 23.2 Å². The van der Waals surface area contributed by atoms with E-state index in [9.17, 15) is 0 Å². The molecule has 0 saturated heterocycles. The predicted molar refractivity (Wildman–Crippen MR) is 71.6 cm³/mol. The molecule has 3 atom stereocenters. The molecule has 0 radical (unpaired) electrons. The number of hydrogen-bond donors (Lipinski definition) is 1. The highest BCUT2D eigenvalue weighted by molar-refractivity contribution is 6.33. The van der Waals surface area contributed by atoms with Crippen LogP contribution in [0.15, 0.2) is 6.20 Å². The number of rotatable bonds is 2. The molecule has 94 valence electrons. The number of halogens is 2. The zero-order valence-corrected chi connectivity index (χ0v) is 11.6. The van der Waals surface area contributed by atoms with Crippen LogP contribution in [-0.2, 0) is 0 Å². The second-order valence-corrected chi connectivity index (χ2v) is 5.69. The fourth-order valence-electron chi connectivity index (χ4n) is 2.32. The summed E-state index contributed by atoms with van der Waals surface area (Å²) in [6, 6.07) is 0.435.